The molecule has 1 saturated heterocycles. The standard InChI is InChI=1S/C23H19FN2O6/c1-12-10-18(25-32-12)26-20(13-4-7-15(24)8-5-13)19(22(28)23(26)29)21(27)14-6-9-16(30-2)17(11-14)31-3/h4-11,20,27H,1-3H3. The van der Waals surface area contributed by atoms with Crippen LogP contribution in [0.5, 0.6) is 11.5 Å². The molecule has 164 valence electrons. The summed E-state index contributed by atoms with van der Waals surface area (Å²) in [6, 6.07) is 10.3. The van der Waals surface area contributed by atoms with E-state index in [-0.39, 0.29) is 17.0 Å². The number of methoxy groups -OCH3 is 2. The molecule has 1 amide bonds. The largest absolute Gasteiger partial charge is 0.507 e. The van der Waals surface area contributed by atoms with Gasteiger partial charge in [0.05, 0.1) is 25.8 Å². The van der Waals surface area contributed by atoms with Gasteiger partial charge in [0.25, 0.3) is 5.78 Å². The Morgan fingerprint density at radius 1 is 1.06 bits per heavy atom. The van der Waals surface area contributed by atoms with Gasteiger partial charge in [-0.1, -0.05) is 17.3 Å². The van der Waals surface area contributed by atoms with Crippen molar-refractivity contribution in [1.29, 1.82) is 0 Å². The predicted molar refractivity (Wildman–Crippen MR) is 112 cm³/mol. The number of aliphatic hydroxyl groups is 1. The van der Waals surface area contributed by atoms with Crippen molar-refractivity contribution in [2.24, 2.45) is 0 Å². The van der Waals surface area contributed by atoms with Gasteiger partial charge < -0.3 is 19.1 Å². The Morgan fingerprint density at radius 3 is 2.34 bits per heavy atom. The molecule has 1 aliphatic rings. The summed E-state index contributed by atoms with van der Waals surface area (Å²) in [4.78, 5) is 27.1. The van der Waals surface area contributed by atoms with E-state index >= 15 is 0 Å². The van der Waals surface area contributed by atoms with Gasteiger partial charge in [0.2, 0.25) is 0 Å². The van der Waals surface area contributed by atoms with E-state index in [2.05, 4.69) is 5.16 Å². The van der Waals surface area contributed by atoms with Crippen LogP contribution in [0.4, 0.5) is 10.2 Å². The van der Waals surface area contributed by atoms with Gasteiger partial charge in [-0.15, -0.1) is 0 Å². The highest BCUT2D eigenvalue weighted by molar-refractivity contribution is 6.51. The summed E-state index contributed by atoms with van der Waals surface area (Å²) in [5, 5.41) is 15.0. The summed E-state index contributed by atoms with van der Waals surface area (Å²) in [7, 11) is 2.91. The number of benzene rings is 2. The molecule has 0 radical (unpaired) electrons. The van der Waals surface area contributed by atoms with Crippen molar-refractivity contribution in [3.05, 3.63) is 76.8 Å². The summed E-state index contributed by atoms with van der Waals surface area (Å²) in [5.41, 5.74) is 0.479. The molecule has 0 bridgehead atoms. The SMILES string of the molecule is COc1ccc(C(O)=C2C(=O)C(=O)N(c3cc(C)on3)C2c2ccc(F)cc2)cc1OC. The molecule has 4 rings (SSSR count). The number of hydrogen-bond acceptors (Lipinski definition) is 7. The fourth-order valence-electron chi connectivity index (χ4n) is 3.64. The second-order valence-electron chi connectivity index (χ2n) is 7.09. The van der Waals surface area contributed by atoms with Crippen molar-refractivity contribution in [2.75, 3.05) is 19.1 Å². The van der Waals surface area contributed by atoms with Crippen LogP contribution in [0.25, 0.3) is 5.76 Å². The number of aryl methyl sites for hydroxylation is 1. The molecule has 0 aliphatic carbocycles. The molecule has 9 heteroatoms. The molecule has 8 nitrogen and oxygen atoms in total. The summed E-state index contributed by atoms with van der Waals surface area (Å²) in [5.74, 6) is -1.41. The van der Waals surface area contributed by atoms with Crippen molar-refractivity contribution < 1.29 is 33.1 Å². The Labute approximate surface area is 182 Å². The van der Waals surface area contributed by atoms with Crippen LogP contribution in [0.2, 0.25) is 0 Å². The number of rotatable bonds is 5. The quantitative estimate of drug-likeness (QED) is 0.368. The van der Waals surface area contributed by atoms with E-state index in [4.69, 9.17) is 14.0 Å². The van der Waals surface area contributed by atoms with E-state index in [1.165, 1.54) is 56.7 Å². The van der Waals surface area contributed by atoms with Crippen LogP contribution in [0.1, 0.15) is 22.9 Å². The number of carbonyl (C=O) groups excluding carboxylic acids is 2. The number of aromatic nitrogens is 1. The van der Waals surface area contributed by atoms with E-state index < -0.39 is 29.3 Å². The van der Waals surface area contributed by atoms with Crippen LogP contribution in [-0.2, 0) is 9.59 Å². The highest BCUT2D eigenvalue weighted by Crippen LogP contribution is 2.42. The van der Waals surface area contributed by atoms with Gasteiger partial charge in [0.15, 0.2) is 17.3 Å². The number of amides is 1. The van der Waals surface area contributed by atoms with E-state index in [1.54, 1.807) is 13.0 Å². The van der Waals surface area contributed by atoms with Crippen LogP contribution in [-0.4, -0.2) is 36.2 Å². The topological polar surface area (TPSA) is 102 Å². The molecule has 1 aliphatic heterocycles. The number of halogens is 1. The number of aliphatic hydroxyl groups excluding tert-OH is 1. The first-order valence-corrected chi connectivity index (χ1v) is 9.58. The minimum atomic E-state index is -1.05. The van der Waals surface area contributed by atoms with Crippen LogP contribution in [0.3, 0.4) is 0 Å². The molecule has 0 saturated carbocycles. The van der Waals surface area contributed by atoms with Crippen LogP contribution in [0, 0.1) is 12.7 Å². The number of ether oxygens (including phenoxy) is 2. The third-order valence-corrected chi connectivity index (χ3v) is 5.15. The molecular weight excluding hydrogens is 419 g/mol. The molecule has 1 fully saturated rings. The van der Waals surface area contributed by atoms with Crippen LogP contribution < -0.4 is 14.4 Å². The Hall–Kier alpha value is -4.14. The van der Waals surface area contributed by atoms with Gasteiger partial charge in [-0.3, -0.25) is 14.5 Å². The van der Waals surface area contributed by atoms with Gasteiger partial charge in [0, 0.05) is 11.6 Å². The molecular formula is C23H19FN2O6. The molecule has 1 N–H and O–H groups in total. The predicted octanol–water partition coefficient (Wildman–Crippen LogP) is 3.77. The number of ketones is 1. The van der Waals surface area contributed by atoms with E-state index in [1.807, 2.05) is 0 Å². The first-order chi connectivity index (χ1) is 15.3. The second-order valence-corrected chi connectivity index (χ2v) is 7.09. The normalized spacial score (nSPS) is 17.6. The van der Waals surface area contributed by atoms with E-state index in [9.17, 15) is 19.1 Å². The molecule has 1 atom stereocenters. The monoisotopic (exact) mass is 438 g/mol. The van der Waals surface area contributed by atoms with Gasteiger partial charge in [-0.05, 0) is 42.8 Å². The molecule has 1 aromatic heterocycles. The second kappa shape index (κ2) is 8.18. The van der Waals surface area contributed by atoms with E-state index in [0.29, 0.717) is 22.8 Å². The summed E-state index contributed by atoms with van der Waals surface area (Å²) >= 11 is 0. The van der Waals surface area contributed by atoms with Crippen molar-refractivity contribution >= 4 is 23.3 Å². The lowest BCUT2D eigenvalue weighted by molar-refractivity contribution is -0.132. The number of hydrogen-bond donors (Lipinski definition) is 1. The maximum atomic E-state index is 13.6. The third-order valence-electron chi connectivity index (χ3n) is 5.15. The zero-order valence-corrected chi connectivity index (χ0v) is 17.5. The van der Waals surface area contributed by atoms with Crippen molar-refractivity contribution in [1.82, 2.24) is 5.16 Å². The molecule has 1 unspecified atom stereocenters. The Kier molecular flexibility index (Phi) is 5.40. The maximum absolute atomic E-state index is 13.6. The minimum Gasteiger partial charge on any atom is -0.507 e. The molecule has 3 aromatic rings. The summed E-state index contributed by atoms with van der Waals surface area (Å²) in [6.07, 6.45) is 0. The summed E-state index contributed by atoms with van der Waals surface area (Å²) in [6.45, 7) is 1.64. The molecule has 2 heterocycles. The number of carbonyl (C=O) groups is 2. The van der Waals surface area contributed by atoms with Crippen molar-refractivity contribution in [3.8, 4) is 11.5 Å². The van der Waals surface area contributed by atoms with Crippen molar-refractivity contribution in [3.63, 3.8) is 0 Å². The van der Waals surface area contributed by atoms with Crippen LogP contribution in [0.15, 0.2) is 58.6 Å². The van der Waals surface area contributed by atoms with Crippen molar-refractivity contribution in [2.45, 2.75) is 13.0 Å². The lowest BCUT2D eigenvalue weighted by Gasteiger charge is -2.22. The smallest absolute Gasteiger partial charge is 0.301 e. The van der Waals surface area contributed by atoms with Gasteiger partial charge in [0.1, 0.15) is 17.3 Å². The average molecular weight is 438 g/mol. The lowest BCUT2D eigenvalue weighted by atomic mass is 9.95. The highest BCUT2D eigenvalue weighted by atomic mass is 19.1. The van der Waals surface area contributed by atoms with E-state index in [0.717, 1.165) is 4.90 Å². The van der Waals surface area contributed by atoms with Gasteiger partial charge in [-0.25, -0.2) is 4.39 Å². The molecule has 0 spiro atoms. The third kappa shape index (κ3) is 3.47. The van der Waals surface area contributed by atoms with Gasteiger partial charge >= 0.3 is 5.91 Å². The molecule has 2 aromatic carbocycles. The fourth-order valence-corrected chi connectivity index (χ4v) is 3.64. The number of anilines is 1. The van der Waals surface area contributed by atoms with Crippen LogP contribution >= 0.6 is 0 Å². The average Bonchev–Trinajstić information content (AvgIpc) is 3.34. The summed E-state index contributed by atoms with van der Waals surface area (Å²) < 4.78 is 29.1. The first kappa shape index (κ1) is 21.1. The maximum Gasteiger partial charge on any atom is 0.301 e. The Morgan fingerprint density at radius 2 is 1.75 bits per heavy atom. The Bertz CT molecular complexity index is 1230. The lowest BCUT2D eigenvalue weighted by Crippen LogP contribution is -2.29. The highest BCUT2D eigenvalue weighted by Gasteiger charge is 2.48. The molecule has 32 heavy (non-hydrogen) atoms. The van der Waals surface area contributed by atoms with Gasteiger partial charge in [-0.2, -0.15) is 0 Å². The Balaban J connectivity index is 1.93. The minimum absolute atomic E-state index is 0.102. The first-order valence-electron chi connectivity index (χ1n) is 9.58. The zero-order valence-electron chi connectivity index (χ0n) is 17.5. The zero-order chi connectivity index (χ0) is 23.0. The number of nitrogens with zero attached hydrogens (tertiary/aromatic N) is 2. The number of Topliss-reactive ketones (excluding diaryl/α,β-unsaturated/α-hetero) is 1. The fraction of sp³-hybridized carbons (Fsp3) is 0.174.